The van der Waals surface area contributed by atoms with Gasteiger partial charge in [-0.15, -0.1) is 0 Å². The Bertz CT molecular complexity index is 758. The van der Waals surface area contributed by atoms with Gasteiger partial charge in [-0.1, -0.05) is 78.9 Å². The fourth-order valence-electron chi connectivity index (χ4n) is 2.26. The highest BCUT2D eigenvalue weighted by atomic mass is 16.5. The van der Waals surface area contributed by atoms with E-state index in [2.05, 4.69) is 43.3 Å². The SMILES string of the molecule is Cc1ccccc1O/C(=C\c1ccccc1)c1ccccc1. The van der Waals surface area contributed by atoms with Crippen LogP contribution in [0.15, 0.2) is 84.9 Å². The second kappa shape index (κ2) is 6.77. The molecule has 22 heavy (non-hydrogen) atoms. The molecule has 0 atom stereocenters. The van der Waals surface area contributed by atoms with Crippen LogP contribution in [-0.4, -0.2) is 0 Å². The maximum atomic E-state index is 6.20. The number of rotatable bonds is 4. The molecule has 0 saturated heterocycles. The Morgan fingerprint density at radius 3 is 2.00 bits per heavy atom. The van der Waals surface area contributed by atoms with Gasteiger partial charge in [0.15, 0.2) is 0 Å². The Balaban J connectivity index is 2.01. The van der Waals surface area contributed by atoms with Crippen molar-refractivity contribution in [3.63, 3.8) is 0 Å². The summed E-state index contributed by atoms with van der Waals surface area (Å²) in [5, 5.41) is 0. The Hall–Kier alpha value is -2.80. The Morgan fingerprint density at radius 2 is 1.32 bits per heavy atom. The molecule has 0 unspecified atom stereocenters. The average Bonchev–Trinajstić information content (AvgIpc) is 2.58. The average molecular weight is 286 g/mol. The van der Waals surface area contributed by atoms with E-state index in [9.17, 15) is 0 Å². The molecule has 0 saturated carbocycles. The third-order valence-corrected chi connectivity index (χ3v) is 3.47. The van der Waals surface area contributed by atoms with E-state index in [0.29, 0.717) is 0 Å². The van der Waals surface area contributed by atoms with Crippen LogP contribution >= 0.6 is 0 Å². The number of para-hydroxylation sites is 1. The highest BCUT2D eigenvalue weighted by Gasteiger charge is 2.06. The van der Waals surface area contributed by atoms with Gasteiger partial charge in [0.05, 0.1) is 0 Å². The number of hydrogen-bond acceptors (Lipinski definition) is 1. The van der Waals surface area contributed by atoms with E-state index in [1.807, 2.05) is 54.6 Å². The van der Waals surface area contributed by atoms with Gasteiger partial charge in [0, 0.05) is 5.56 Å². The van der Waals surface area contributed by atoms with Crippen LogP contribution in [0, 0.1) is 6.92 Å². The summed E-state index contributed by atoms with van der Waals surface area (Å²) in [5.41, 5.74) is 3.31. The van der Waals surface area contributed by atoms with E-state index in [1.165, 1.54) is 0 Å². The van der Waals surface area contributed by atoms with Crippen LogP contribution in [0.25, 0.3) is 11.8 Å². The molecule has 3 aromatic carbocycles. The second-order valence-corrected chi connectivity index (χ2v) is 5.15. The summed E-state index contributed by atoms with van der Waals surface area (Å²) >= 11 is 0. The summed E-state index contributed by atoms with van der Waals surface area (Å²) in [6, 6.07) is 28.5. The largest absolute Gasteiger partial charge is 0.456 e. The zero-order valence-corrected chi connectivity index (χ0v) is 12.6. The smallest absolute Gasteiger partial charge is 0.135 e. The predicted molar refractivity (Wildman–Crippen MR) is 92.6 cm³/mol. The minimum atomic E-state index is 0.848. The van der Waals surface area contributed by atoms with Gasteiger partial charge in [0.2, 0.25) is 0 Å². The first-order chi connectivity index (χ1) is 10.8. The molecule has 3 rings (SSSR count). The van der Waals surface area contributed by atoms with Gasteiger partial charge in [0.25, 0.3) is 0 Å². The molecule has 0 aliphatic rings. The van der Waals surface area contributed by atoms with Gasteiger partial charge < -0.3 is 4.74 Å². The maximum absolute atomic E-state index is 6.20. The first-order valence-corrected chi connectivity index (χ1v) is 7.38. The lowest BCUT2D eigenvalue weighted by Gasteiger charge is -2.13. The Kier molecular flexibility index (Phi) is 4.35. The van der Waals surface area contributed by atoms with Crippen LogP contribution in [0.1, 0.15) is 16.7 Å². The standard InChI is InChI=1S/C21H18O/c1-17-10-8-9-15-20(17)22-21(19-13-6-3-7-14-19)16-18-11-4-2-5-12-18/h2-16H,1H3/b21-16-. The van der Waals surface area contributed by atoms with E-state index in [0.717, 1.165) is 28.2 Å². The fraction of sp³-hybridized carbons (Fsp3) is 0.0476. The zero-order valence-electron chi connectivity index (χ0n) is 12.6. The van der Waals surface area contributed by atoms with E-state index in [-0.39, 0.29) is 0 Å². The molecular formula is C21H18O. The molecule has 0 spiro atoms. The number of benzene rings is 3. The molecule has 3 aromatic rings. The molecule has 1 heteroatoms. The van der Waals surface area contributed by atoms with E-state index in [1.54, 1.807) is 0 Å². The van der Waals surface area contributed by atoms with E-state index < -0.39 is 0 Å². The van der Waals surface area contributed by atoms with Crippen LogP contribution in [0.5, 0.6) is 5.75 Å². The molecule has 1 nitrogen and oxygen atoms in total. The minimum Gasteiger partial charge on any atom is -0.456 e. The number of ether oxygens (including phenoxy) is 1. The van der Waals surface area contributed by atoms with Crippen molar-refractivity contribution < 1.29 is 4.74 Å². The predicted octanol–water partition coefficient (Wildman–Crippen LogP) is 5.57. The monoisotopic (exact) mass is 286 g/mol. The van der Waals surface area contributed by atoms with Gasteiger partial charge in [0.1, 0.15) is 11.5 Å². The summed E-state index contributed by atoms with van der Waals surface area (Å²) in [4.78, 5) is 0. The molecule has 0 amide bonds. The van der Waals surface area contributed by atoms with Crippen molar-refractivity contribution in [3.8, 4) is 5.75 Å². The molecule has 0 aliphatic heterocycles. The first kappa shape index (κ1) is 14.2. The van der Waals surface area contributed by atoms with Crippen molar-refractivity contribution >= 4 is 11.8 Å². The third-order valence-electron chi connectivity index (χ3n) is 3.47. The molecule has 0 heterocycles. The maximum Gasteiger partial charge on any atom is 0.135 e. The molecule has 108 valence electrons. The molecule has 0 aliphatic carbocycles. The Morgan fingerprint density at radius 1 is 0.727 bits per heavy atom. The van der Waals surface area contributed by atoms with Crippen LogP contribution in [0.2, 0.25) is 0 Å². The van der Waals surface area contributed by atoms with Gasteiger partial charge in [-0.3, -0.25) is 0 Å². The van der Waals surface area contributed by atoms with Crippen LogP contribution in [-0.2, 0) is 0 Å². The van der Waals surface area contributed by atoms with Gasteiger partial charge in [-0.25, -0.2) is 0 Å². The van der Waals surface area contributed by atoms with Crippen molar-refractivity contribution in [1.82, 2.24) is 0 Å². The van der Waals surface area contributed by atoms with Crippen LogP contribution < -0.4 is 4.74 Å². The van der Waals surface area contributed by atoms with Gasteiger partial charge >= 0.3 is 0 Å². The van der Waals surface area contributed by atoms with E-state index in [4.69, 9.17) is 4.74 Å². The van der Waals surface area contributed by atoms with Gasteiger partial charge in [-0.2, -0.15) is 0 Å². The molecule has 0 radical (unpaired) electrons. The second-order valence-electron chi connectivity index (χ2n) is 5.15. The number of aryl methyl sites for hydroxylation is 1. The quantitative estimate of drug-likeness (QED) is 0.450. The van der Waals surface area contributed by atoms with E-state index >= 15 is 0 Å². The highest BCUT2D eigenvalue weighted by molar-refractivity contribution is 5.78. The summed E-state index contributed by atoms with van der Waals surface area (Å²) in [7, 11) is 0. The lowest BCUT2D eigenvalue weighted by molar-refractivity contribution is 0.514. The topological polar surface area (TPSA) is 9.23 Å². The highest BCUT2D eigenvalue weighted by Crippen LogP contribution is 2.25. The van der Waals surface area contributed by atoms with Crippen molar-refractivity contribution in [2.24, 2.45) is 0 Å². The third kappa shape index (κ3) is 3.44. The summed E-state index contributed by atoms with van der Waals surface area (Å²) in [6.07, 6.45) is 2.07. The Labute approximate surface area is 131 Å². The molecule has 0 aromatic heterocycles. The van der Waals surface area contributed by atoms with Crippen molar-refractivity contribution in [2.45, 2.75) is 6.92 Å². The van der Waals surface area contributed by atoms with Crippen molar-refractivity contribution in [2.75, 3.05) is 0 Å². The summed E-state index contributed by atoms with van der Waals surface area (Å²) in [5.74, 6) is 1.73. The summed E-state index contributed by atoms with van der Waals surface area (Å²) < 4.78 is 6.20. The van der Waals surface area contributed by atoms with Crippen LogP contribution in [0.3, 0.4) is 0 Å². The molecule has 0 fully saturated rings. The van der Waals surface area contributed by atoms with Crippen LogP contribution in [0.4, 0.5) is 0 Å². The fourth-order valence-corrected chi connectivity index (χ4v) is 2.26. The lowest BCUT2D eigenvalue weighted by atomic mass is 10.1. The van der Waals surface area contributed by atoms with Crippen molar-refractivity contribution in [3.05, 3.63) is 102 Å². The first-order valence-electron chi connectivity index (χ1n) is 7.38. The molecular weight excluding hydrogens is 268 g/mol. The minimum absolute atomic E-state index is 0.848. The zero-order chi connectivity index (χ0) is 15.2. The lowest BCUT2D eigenvalue weighted by Crippen LogP contribution is -1.96. The van der Waals surface area contributed by atoms with Gasteiger partial charge in [-0.05, 0) is 30.2 Å². The normalized spacial score (nSPS) is 11.2. The molecule has 0 bridgehead atoms. The molecule has 0 N–H and O–H groups in total. The van der Waals surface area contributed by atoms with Crippen molar-refractivity contribution in [1.29, 1.82) is 0 Å². The summed E-state index contributed by atoms with van der Waals surface area (Å²) in [6.45, 7) is 2.06. The number of hydrogen-bond donors (Lipinski definition) is 0.